The molecule has 2 heteroatoms. The van der Waals surface area contributed by atoms with Crippen LogP contribution in [0.5, 0.6) is 0 Å². The number of fused-ring (bicyclic) bond motifs is 3. The summed E-state index contributed by atoms with van der Waals surface area (Å²) in [4.78, 5) is 2.23. The van der Waals surface area contributed by atoms with Gasteiger partial charge in [-0.05, 0) is 88.7 Å². The molecule has 3 unspecified atom stereocenters. The Balaban J connectivity index is 1.52. The second kappa shape index (κ2) is 10.1. The molecule has 1 fully saturated rings. The zero-order valence-electron chi connectivity index (χ0n) is 22.2. The zero-order valence-corrected chi connectivity index (χ0v) is 22.2. The largest absolute Gasteiger partial charge is 0.389 e. The van der Waals surface area contributed by atoms with E-state index in [0.717, 1.165) is 38.0 Å². The molecule has 4 rings (SSSR count). The van der Waals surface area contributed by atoms with Crippen molar-refractivity contribution < 1.29 is 0 Å². The third-order valence-corrected chi connectivity index (χ3v) is 8.33. The van der Waals surface area contributed by atoms with E-state index in [0.29, 0.717) is 17.8 Å². The average molecular weight is 457 g/mol. The fraction of sp³-hybridized carbons (Fsp3) is 0.500. The molecular weight excluding hydrogens is 412 g/mol. The molecule has 0 spiro atoms. The van der Waals surface area contributed by atoms with E-state index in [4.69, 9.17) is 0 Å². The lowest BCUT2D eigenvalue weighted by Crippen LogP contribution is -2.23. The first-order valence-corrected chi connectivity index (χ1v) is 13.1. The minimum Gasteiger partial charge on any atom is -0.389 e. The molecule has 0 radical (unpaired) electrons. The first-order chi connectivity index (χ1) is 16.2. The molecule has 3 aliphatic rings. The van der Waals surface area contributed by atoms with E-state index < -0.39 is 0 Å². The summed E-state index contributed by atoms with van der Waals surface area (Å²) < 4.78 is 0. The van der Waals surface area contributed by atoms with Crippen molar-refractivity contribution in [3.8, 4) is 0 Å². The zero-order chi connectivity index (χ0) is 24.5. The minimum atomic E-state index is 0.0450. The third-order valence-electron chi connectivity index (χ3n) is 8.33. The molecule has 3 aliphatic carbocycles. The number of rotatable bonds is 9. The lowest BCUT2D eigenvalue weighted by Gasteiger charge is -2.32. The molecule has 0 saturated heterocycles. The van der Waals surface area contributed by atoms with E-state index in [-0.39, 0.29) is 5.41 Å². The van der Waals surface area contributed by atoms with Gasteiger partial charge in [0.15, 0.2) is 0 Å². The summed E-state index contributed by atoms with van der Waals surface area (Å²) in [6.07, 6.45) is 15.8. The first kappa shape index (κ1) is 24.8. The van der Waals surface area contributed by atoms with Gasteiger partial charge in [0.1, 0.15) is 0 Å². The van der Waals surface area contributed by atoms with Crippen molar-refractivity contribution in [3.63, 3.8) is 0 Å². The molecule has 0 bridgehead atoms. The molecule has 0 aromatic heterocycles. The molecule has 1 N–H and O–H groups in total. The maximum absolute atomic E-state index is 4.28. The van der Waals surface area contributed by atoms with Gasteiger partial charge < -0.3 is 10.2 Å². The predicted octanol–water partition coefficient (Wildman–Crippen LogP) is 7.07. The van der Waals surface area contributed by atoms with Crippen LogP contribution < -0.4 is 5.32 Å². The van der Waals surface area contributed by atoms with Crippen molar-refractivity contribution in [3.05, 3.63) is 94.3 Å². The van der Waals surface area contributed by atoms with Crippen molar-refractivity contribution in [2.24, 2.45) is 11.8 Å². The topological polar surface area (TPSA) is 15.3 Å². The van der Waals surface area contributed by atoms with Crippen molar-refractivity contribution in [2.75, 3.05) is 27.2 Å². The fourth-order valence-electron chi connectivity index (χ4n) is 5.91. The Labute approximate surface area is 208 Å². The average Bonchev–Trinajstić information content (AvgIpc) is 3.61. The smallest absolute Gasteiger partial charge is 0.0196 e. The summed E-state index contributed by atoms with van der Waals surface area (Å²) in [5, 5.41) is 3.52. The van der Waals surface area contributed by atoms with Crippen molar-refractivity contribution >= 4 is 0 Å². The van der Waals surface area contributed by atoms with Crippen LogP contribution in [0.3, 0.4) is 0 Å². The van der Waals surface area contributed by atoms with E-state index in [9.17, 15) is 0 Å². The summed E-state index contributed by atoms with van der Waals surface area (Å²) in [5.41, 5.74) is 10.5. The van der Waals surface area contributed by atoms with Crippen LogP contribution in [0.25, 0.3) is 0 Å². The molecule has 2 nitrogen and oxygen atoms in total. The molecule has 0 aliphatic heterocycles. The highest BCUT2D eigenvalue weighted by Crippen LogP contribution is 2.61. The molecule has 0 amide bonds. The van der Waals surface area contributed by atoms with Gasteiger partial charge in [0, 0.05) is 23.6 Å². The van der Waals surface area contributed by atoms with Gasteiger partial charge in [0.2, 0.25) is 0 Å². The predicted molar refractivity (Wildman–Crippen MR) is 147 cm³/mol. The molecular formula is C32H44N2. The second-order valence-corrected chi connectivity index (χ2v) is 11.4. The maximum atomic E-state index is 4.28. The van der Waals surface area contributed by atoms with Gasteiger partial charge in [0.25, 0.3) is 0 Å². The van der Waals surface area contributed by atoms with Gasteiger partial charge in [-0.2, -0.15) is 0 Å². The van der Waals surface area contributed by atoms with Crippen LogP contribution in [0.15, 0.2) is 77.6 Å². The molecule has 34 heavy (non-hydrogen) atoms. The van der Waals surface area contributed by atoms with Crippen LogP contribution >= 0.6 is 0 Å². The number of hydrogen-bond donors (Lipinski definition) is 1. The Kier molecular flexibility index (Phi) is 7.38. The summed E-state index contributed by atoms with van der Waals surface area (Å²) in [6, 6.07) is 7.35. The number of allylic oxidation sites excluding steroid dienone is 9. The Morgan fingerprint density at radius 1 is 1.12 bits per heavy atom. The first-order valence-electron chi connectivity index (χ1n) is 13.1. The van der Waals surface area contributed by atoms with E-state index in [1.54, 1.807) is 22.3 Å². The van der Waals surface area contributed by atoms with E-state index in [1.807, 2.05) is 0 Å². The lowest BCUT2D eigenvalue weighted by molar-refractivity contribution is 0.397. The highest BCUT2D eigenvalue weighted by atomic mass is 15.1. The standard InChI is InChI=1S/C32H44N2/c1-22-12-9-8-10-13-26(22)31-24(3)32(4,5)30-20-25(16-17-27(30)28-21-29(28)31)15-14-23(2)33-18-11-19-34(6)7/h8-10,12-13,16-17,20,26,28-29,33H,2,11,14-15,18-19,21H2,1,3-7H3. The lowest BCUT2D eigenvalue weighted by atomic mass is 9.72. The Bertz CT molecular complexity index is 1050. The van der Waals surface area contributed by atoms with Crippen LogP contribution in [0.1, 0.15) is 69.6 Å². The Morgan fingerprint density at radius 3 is 2.68 bits per heavy atom. The summed E-state index contributed by atoms with van der Waals surface area (Å²) >= 11 is 0. The highest BCUT2D eigenvalue weighted by molar-refractivity contribution is 5.54. The Hall–Kier alpha value is -2.32. The Morgan fingerprint density at radius 2 is 1.91 bits per heavy atom. The third kappa shape index (κ3) is 5.18. The van der Waals surface area contributed by atoms with Gasteiger partial charge in [-0.1, -0.05) is 85.7 Å². The van der Waals surface area contributed by atoms with E-state index in [2.05, 4.69) is 107 Å². The second-order valence-electron chi connectivity index (χ2n) is 11.4. The van der Waals surface area contributed by atoms with E-state index >= 15 is 0 Å². The van der Waals surface area contributed by atoms with Crippen LogP contribution in [0, 0.1) is 11.8 Å². The van der Waals surface area contributed by atoms with Crippen LogP contribution in [-0.2, 0) is 11.8 Å². The minimum absolute atomic E-state index is 0.0450. The number of hydrogen-bond acceptors (Lipinski definition) is 2. The van der Waals surface area contributed by atoms with Gasteiger partial charge in [-0.25, -0.2) is 0 Å². The maximum Gasteiger partial charge on any atom is 0.0196 e. The molecule has 1 aromatic rings. The SMILES string of the molecule is C=C(CCc1ccc2c(c1)C(C)(C)C(C)=C(C1C=CC=CC=C1C)C1CC21)NCCCN(C)C. The van der Waals surface area contributed by atoms with Crippen LogP contribution in [-0.4, -0.2) is 32.1 Å². The quantitative estimate of drug-likeness (QED) is 0.316. The highest BCUT2D eigenvalue weighted by Gasteiger charge is 2.49. The fourth-order valence-corrected chi connectivity index (χ4v) is 5.91. The van der Waals surface area contributed by atoms with Gasteiger partial charge in [0.05, 0.1) is 0 Å². The summed E-state index contributed by atoms with van der Waals surface area (Å²) in [5.74, 6) is 1.80. The van der Waals surface area contributed by atoms with E-state index in [1.165, 1.54) is 17.6 Å². The van der Waals surface area contributed by atoms with Gasteiger partial charge >= 0.3 is 0 Å². The number of nitrogens with one attached hydrogen (secondary N) is 1. The molecule has 0 heterocycles. The van der Waals surface area contributed by atoms with Crippen molar-refractivity contribution in [1.29, 1.82) is 0 Å². The molecule has 1 saturated carbocycles. The molecule has 3 atom stereocenters. The summed E-state index contributed by atoms with van der Waals surface area (Å²) in [7, 11) is 4.25. The summed E-state index contributed by atoms with van der Waals surface area (Å²) in [6.45, 7) is 16.0. The van der Waals surface area contributed by atoms with Gasteiger partial charge in [-0.3, -0.25) is 0 Å². The molecule has 1 aromatic carbocycles. The van der Waals surface area contributed by atoms with Gasteiger partial charge in [-0.15, -0.1) is 0 Å². The monoisotopic (exact) mass is 456 g/mol. The van der Waals surface area contributed by atoms with Crippen LogP contribution in [0.4, 0.5) is 0 Å². The number of aryl methyl sites for hydroxylation is 1. The number of nitrogens with zero attached hydrogens (tertiary/aromatic N) is 1. The van der Waals surface area contributed by atoms with Crippen molar-refractivity contribution in [2.45, 2.75) is 64.7 Å². The van der Waals surface area contributed by atoms with Crippen LogP contribution in [0.2, 0.25) is 0 Å². The number of benzene rings is 1. The normalized spacial score (nSPS) is 24.8. The van der Waals surface area contributed by atoms with Crippen molar-refractivity contribution in [1.82, 2.24) is 10.2 Å². The molecule has 182 valence electrons.